The van der Waals surface area contributed by atoms with Crippen LogP contribution in [-0.2, 0) is 6.61 Å². The number of para-hydroxylation sites is 1. The number of allylic oxidation sites excluding steroid dienone is 1. The van der Waals surface area contributed by atoms with Gasteiger partial charge in [-0.3, -0.25) is 0 Å². The lowest BCUT2D eigenvalue weighted by Gasteiger charge is -2.11. The summed E-state index contributed by atoms with van der Waals surface area (Å²) in [6.07, 6.45) is 1.56. The van der Waals surface area contributed by atoms with Crippen LogP contribution < -0.4 is 10.5 Å². The summed E-state index contributed by atoms with van der Waals surface area (Å²) in [5, 5.41) is 25.6. The van der Waals surface area contributed by atoms with Crippen molar-refractivity contribution in [3.8, 4) is 23.6 Å². The van der Waals surface area contributed by atoms with Crippen LogP contribution >= 0.6 is 34.8 Å². The molecule has 0 spiro atoms. The number of nitrogen functional groups attached to an aromatic ring is 1. The fourth-order valence-electron chi connectivity index (χ4n) is 3.36. The molecule has 0 bridgehead atoms. The van der Waals surface area contributed by atoms with Crippen molar-refractivity contribution in [3.63, 3.8) is 0 Å². The monoisotopic (exact) mass is 519 g/mol. The van der Waals surface area contributed by atoms with Crippen LogP contribution in [0.5, 0.6) is 5.75 Å². The van der Waals surface area contributed by atoms with E-state index in [1.165, 1.54) is 4.68 Å². The Labute approximate surface area is 216 Å². The van der Waals surface area contributed by atoms with Crippen molar-refractivity contribution in [3.05, 3.63) is 104 Å². The van der Waals surface area contributed by atoms with Crippen LogP contribution in [0, 0.1) is 22.7 Å². The van der Waals surface area contributed by atoms with Gasteiger partial charge in [0.15, 0.2) is 0 Å². The molecule has 4 rings (SSSR count). The van der Waals surface area contributed by atoms with Gasteiger partial charge in [-0.05, 0) is 48.5 Å². The van der Waals surface area contributed by atoms with Gasteiger partial charge in [0.1, 0.15) is 41.6 Å². The largest absolute Gasteiger partial charge is 0.488 e. The quantitative estimate of drug-likeness (QED) is 0.278. The molecule has 0 aliphatic heterocycles. The smallest absolute Gasteiger partial charge is 0.145 e. The lowest BCUT2D eigenvalue weighted by molar-refractivity contribution is 0.305. The molecule has 1 aromatic heterocycles. The number of nitrogens with zero attached hydrogens (tertiary/aromatic N) is 4. The molecule has 6 nitrogen and oxygen atoms in total. The number of rotatable bonds is 6. The van der Waals surface area contributed by atoms with E-state index in [-0.39, 0.29) is 29.3 Å². The highest BCUT2D eigenvalue weighted by Gasteiger charge is 2.20. The third-order valence-electron chi connectivity index (χ3n) is 5.08. The van der Waals surface area contributed by atoms with Gasteiger partial charge in [-0.1, -0.05) is 59.1 Å². The van der Waals surface area contributed by atoms with Crippen molar-refractivity contribution < 1.29 is 4.74 Å². The van der Waals surface area contributed by atoms with Crippen molar-refractivity contribution >= 4 is 52.3 Å². The van der Waals surface area contributed by atoms with Crippen molar-refractivity contribution in [2.45, 2.75) is 6.61 Å². The number of nitrogens with two attached hydrogens (primary N) is 1. The molecule has 0 saturated heterocycles. The standard InChI is InChI=1S/C26H16Cl3N5O/c27-19-8-9-24(35-15-16-6-7-20(28)12-23(16)29)17(11-19)10-18(13-30)25-22(14-31)26(32)34(33-25)21-4-2-1-3-5-21/h1-12H,15,32H2/b18-10+. The number of anilines is 1. The minimum atomic E-state index is 0.0964. The maximum Gasteiger partial charge on any atom is 0.145 e. The minimum Gasteiger partial charge on any atom is -0.488 e. The van der Waals surface area contributed by atoms with E-state index in [0.29, 0.717) is 32.1 Å². The maximum atomic E-state index is 9.94. The Bertz CT molecular complexity index is 1510. The predicted molar refractivity (Wildman–Crippen MR) is 138 cm³/mol. The second-order valence-corrected chi connectivity index (χ2v) is 8.62. The van der Waals surface area contributed by atoms with Gasteiger partial charge in [0.05, 0.1) is 11.3 Å². The Morgan fingerprint density at radius 2 is 1.71 bits per heavy atom. The van der Waals surface area contributed by atoms with E-state index < -0.39 is 0 Å². The number of halogens is 3. The molecule has 0 fully saturated rings. The highest BCUT2D eigenvalue weighted by atomic mass is 35.5. The molecule has 1 heterocycles. The van der Waals surface area contributed by atoms with E-state index in [2.05, 4.69) is 17.2 Å². The summed E-state index contributed by atoms with van der Waals surface area (Å²) >= 11 is 18.4. The topological polar surface area (TPSA) is 101 Å². The molecule has 0 unspecified atom stereocenters. The van der Waals surface area contributed by atoms with Crippen LogP contribution in [0.4, 0.5) is 5.82 Å². The van der Waals surface area contributed by atoms with E-state index in [1.54, 1.807) is 54.6 Å². The summed E-state index contributed by atoms with van der Waals surface area (Å²) in [6, 6.07) is 23.4. The molecular weight excluding hydrogens is 505 g/mol. The molecule has 4 aromatic rings. The molecule has 9 heteroatoms. The molecule has 35 heavy (non-hydrogen) atoms. The highest BCUT2D eigenvalue weighted by molar-refractivity contribution is 6.35. The number of hydrogen-bond donors (Lipinski definition) is 1. The third-order valence-corrected chi connectivity index (χ3v) is 5.90. The highest BCUT2D eigenvalue weighted by Crippen LogP contribution is 2.32. The van der Waals surface area contributed by atoms with Crippen LogP contribution in [0.15, 0.2) is 66.7 Å². The molecule has 0 saturated carbocycles. The van der Waals surface area contributed by atoms with Crippen LogP contribution in [0.1, 0.15) is 22.4 Å². The van der Waals surface area contributed by atoms with Crippen LogP contribution in [0.2, 0.25) is 15.1 Å². The first-order valence-electron chi connectivity index (χ1n) is 10.2. The van der Waals surface area contributed by atoms with Gasteiger partial charge in [0.25, 0.3) is 0 Å². The van der Waals surface area contributed by atoms with Gasteiger partial charge in [-0.25, -0.2) is 4.68 Å². The van der Waals surface area contributed by atoms with Crippen molar-refractivity contribution in [2.24, 2.45) is 0 Å². The van der Waals surface area contributed by atoms with Gasteiger partial charge in [0.2, 0.25) is 0 Å². The fraction of sp³-hybridized carbons (Fsp3) is 0.0385. The predicted octanol–water partition coefficient (Wildman–Crippen LogP) is 6.93. The van der Waals surface area contributed by atoms with Gasteiger partial charge in [0, 0.05) is 26.2 Å². The number of ether oxygens (including phenoxy) is 1. The lowest BCUT2D eigenvalue weighted by Crippen LogP contribution is -2.02. The molecule has 0 aliphatic carbocycles. The Morgan fingerprint density at radius 1 is 1.00 bits per heavy atom. The molecular formula is C26H16Cl3N5O. The zero-order valence-corrected chi connectivity index (χ0v) is 20.3. The Kier molecular flexibility index (Phi) is 7.29. The second-order valence-electron chi connectivity index (χ2n) is 7.34. The van der Waals surface area contributed by atoms with Crippen molar-refractivity contribution in [2.75, 3.05) is 5.73 Å². The Hall–Kier alpha value is -3.94. The average molecular weight is 521 g/mol. The lowest BCUT2D eigenvalue weighted by atomic mass is 10.1. The molecule has 0 atom stereocenters. The molecule has 0 aliphatic rings. The van der Waals surface area contributed by atoms with E-state index >= 15 is 0 Å². The van der Waals surface area contributed by atoms with E-state index in [0.717, 1.165) is 5.56 Å². The van der Waals surface area contributed by atoms with Gasteiger partial charge in [-0.15, -0.1) is 0 Å². The summed E-state index contributed by atoms with van der Waals surface area (Å²) in [5.41, 5.74) is 8.50. The fourth-order valence-corrected chi connectivity index (χ4v) is 4.01. The molecule has 0 radical (unpaired) electrons. The maximum absolute atomic E-state index is 9.94. The Morgan fingerprint density at radius 3 is 2.40 bits per heavy atom. The number of benzene rings is 3. The molecule has 172 valence electrons. The van der Waals surface area contributed by atoms with Crippen molar-refractivity contribution in [1.29, 1.82) is 10.5 Å². The van der Waals surface area contributed by atoms with Gasteiger partial charge >= 0.3 is 0 Å². The SMILES string of the molecule is N#C/C(=C\c1cc(Cl)ccc1OCc1ccc(Cl)cc1Cl)c1nn(-c2ccccc2)c(N)c1C#N. The third kappa shape index (κ3) is 5.26. The summed E-state index contributed by atoms with van der Waals surface area (Å²) in [4.78, 5) is 0. The van der Waals surface area contributed by atoms with E-state index in [1.807, 2.05) is 18.2 Å². The summed E-state index contributed by atoms with van der Waals surface area (Å²) < 4.78 is 7.41. The van der Waals surface area contributed by atoms with E-state index in [4.69, 9.17) is 45.3 Å². The normalized spacial score (nSPS) is 11.1. The van der Waals surface area contributed by atoms with Crippen LogP contribution in [0.25, 0.3) is 17.3 Å². The van der Waals surface area contributed by atoms with Crippen molar-refractivity contribution in [1.82, 2.24) is 9.78 Å². The number of nitriles is 2. The molecule has 2 N–H and O–H groups in total. The number of hydrogen-bond acceptors (Lipinski definition) is 5. The first kappa shape index (κ1) is 24.2. The summed E-state index contributed by atoms with van der Waals surface area (Å²) in [7, 11) is 0. The number of aromatic nitrogens is 2. The summed E-state index contributed by atoms with van der Waals surface area (Å²) in [5.74, 6) is 0.594. The summed E-state index contributed by atoms with van der Waals surface area (Å²) in [6.45, 7) is 0.166. The zero-order valence-electron chi connectivity index (χ0n) is 18.0. The molecule has 3 aromatic carbocycles. The second kappa shape index (κ2) is 10.5. The van der Waals surface area contributed by atoms with Gasteiger partial charge < -0.3 is 10.5 Å². The van der Waals surface area contributed by atoms with E-state index in [9.17, 15) is 10.5 Å². The van der Waals surface area contributed by atoms with Crippen LogP contribution in [-0.4, -0.2) is 9.78 Å². The molecule has 0 amide bonds. The first-order valence-corrected chi connectivity index (χ1v) is 11.4. The first-order chi connectivity index (χ1) is 16.9. The average Bonchev–Trinajstić information content (AvgIpc) is 3.19. The Balaban J connectivity index is 1.74. The van der Waals surface area contributed by atoms with Crippen LogP contribution in [0.3, 0.4) is 0 Å². The minimum absolute atomic E-state index is 0.0964. The zero-order chi connectivity index (χ0) is 24.9. The van der Waals surface area contributed by atoms with Gasteiger partial charge in [-0.2, -0.15) is 15.6 Å².